The van der Waals surface area contributed by atoms with Gasteiger partial charge in [0.25, 0.3) is 0 Å². The molecule has 2 heterocycles. The van der Waals surface area contributed by atoms with E-state index in [-0.39, 0.29) is 18.0 Å². The molecule has 0 radical (unpaired) electrons. The van der Waals surface area contributed by atoms with E-state index in [0.29, 0.717) is 29.0 Å². The molecule has 0 spiro atoms. The number of carbonyl (C=O) groups excluding carboxylic acids is 1. The maximum atomic E-state index is 14.3. The molecule has 4 aromatic rings. The van der Waals surface area contributed by atoms with Crippen molar-refractivity contribution in [2.45, 2.75) is 20.0 Å². The highest BCUT2D eigenvalue weighted by Crippen LogP contribution is 2.30. The fourth-order valence-corrected chi connectivity index (χ4v) is 2.95. The zero-order valence-corrected chi connectivity index (χ0v) is 14.9. The van der Waals surface area contributed by atoms with E-state index in [2.05, 4.69) is 20.6 Å². The molecule has 0 aliphatic heterocycles. The van der Waals surface area contributed by atoms with Crippen LogP contribution in [0.4, 0.5) is 14.6 Å². The molecule has 1 amide bonds. The summed E-state index contributed by atoms with van der Waals surface area (Å²) in [5.74, 6) is -1.38. The van der Waals surface area contributed by atoms with Crippen LogP contribution in [-0.4, -0.2) is 30.7 Å². The summed E-state index contributed by atoms with van der Waals surface area (Å²) in [4.78, 5) is 13.9. The molecule has 0 saturated carbocycles. The lowest BCUT2D eigenvalue weighted by molar-refractivity contribution is -0.116. The summed E-state index contributed by atoms with van der Waals surface area (Å²) >= 11 is 0. The summed E-state index contributed by atoms with van der Waals surface area (Å²) in [6.07, 6.45) is 1.46. The smallest absolute Gasteiger partial charge is 0.247 e. The van der Waals surface area contributed by atoms with Crippen molar-refractivity contribution in [1.82, 2.24) is 24.8 Å². The number of nitrogens with zero attached hydrogens (tertiary/aromatic N) is 5. The van der Waals surface area contributed by atoms with Crippen LogP contribution in [0.2, 0.25) is 0 Å². The molecule has 0 unspecified atom stereocenters. The van der Waals surface area contributed by atoms with Gasteiger partial charge in [0.1, 0.15) is 23.9 Å². The quantitative estimate of drug-likeness (QED) is 0.575. The Morgan fingerprint density at radius 1 is 1.14 bits per heavy atom. The monoisotopic (exact) mass is 382 g/mol. The van der Waals surface area contributed by atoms with Crippen LogP contribution in [0.15, 0.2) is 48.7 Å². The van der Waals surface area contributed by atoms with Crippen molar-refractivity contribution in [2.75, 3.05) is 5.32 Å². The lowest BCUT2D eigenvalue weighted by atomic mass is 10.1. The van der Waals surface area contributed by atoms with Crippen molar-refractivity contribution < 1.29 is 13.6 Å². The van der Waals surface area contributed by atoms with E-state index in [1.54, 1.807) is 24.3 Å². The van der Waals surface area contributed by atoms with Gasteiger partial charge in [-0.25, -0.2) is 8.78 Å². The third kappa shape index (κ3) is 3.34. The summed E-state index contributed by atoms with van der Waals surface area (Å²) in [6.45, 7) is 2.38. The standard InChI is InChI=1S/C19H16F2N6O/c1-2-27-22-10-17(24-27)23-18(28)11-26-16-6-4-3-5-14(16)19(25-26)13-8-7-12(20)9-15(13)21/h3-10H,2,11H2,1H3,(H,23,24,28). The van der Waals surface area contributed by atoms with Crippen molar-refractivity contribution in [2.24, 2.45) is 0 Å². The number of aromatic nitrogens is 5. The summed E-state index contributed by atoms with van der Waals surface area (Å²) in [7, 11) is 0. The zero-order valence-electron chi connectivity index (χ0n) is 14.9. The molecule has 0 atom stereocenters. The Kier molecular flexibility index (Phi) is 4.56. The lowest BCUT2D eigenvalue weighted by Crippen LogP contribution is -2.20. The highest BCUT2D eigenvalue weighted by molar-refractivity contribution is 5.95. The highest BCUT2D eigenvalue weighted by Gasteiger charge is 2.17. The van der Waals surface area contributed by atoms with Crippen molar-refractivity contribution in [3.8, 4) is 11.3 Å². The second-order valence-electron chi connectivity index (χ2n) is 6.11. The fourth-order valence-electron chi connectivity index (χ4n) is 2.95. The minimum absolute atomic E-state index is 0.0949. The molecule has 28 heavy (non-hydrogen) atoms. The number of para-hydroxylation sites is 1. The Labute approximate surface area is 158 Å². The molecule has 0 aliphatic carbocycles. The van der Waals surface area contributed by atoms with Gasteiger partial charge in [-0.15, -0.1) is 5.10 Å². The van der Waals surface area contributed by atoms with Gasteiger partial charge in [-0.3, -0.25) is 9.48 Å². The second kappa shape index (κ2) is 7.18. The number of anilines is 1. The van der Waals surface area contributed by atoms with Crippen LogP contribution >= 0.6 is 0 Å². The van der Waals surface area contributed by atoms with Gasteiger partial charge in [-0.2, -0.15) is 15.0 Å². The number of rotatable bonds is 5. The maximum Gasteiger partial charge on any atom is 0.247 e. The van der Waals surface area contributed by atoms with E-state index in [9.17, 15) is 13.6 Å². The van der Waals surface area contributed by atoms with Crippen LogP contribution in [0, 0.1) is 11.6 Å². The Morgan fingerprint density at radius 2 is 1.96 bits per heavy atom. The fraction of sp³-hybridized carbons (Fsp3) is 0.158. The minimum Gasteiger partial charge on any atom is -0.306 e. The van der Waals surface area contributed by atoms with Gasteiger partial charge in [0, 0.05) is 17.0 Å². The number of fused-ring (bicyclic) bond motifs is 1. The molecule has 2 aromatic carbocycles. The Morgan fingerprint density at radius 3 is 2.71 bits per heavy atom. The third-order valence-electron chi connectivity index (χ3n) is 4.22. The third-order valence-corrected chi connectivity index (χ3v) is 4.22. The van der Waals surface area contributed by atoms with Gasteiger partial charge in [-0.1, -0.05) is 18.2 Å². The van der Waals surface area contributed by atoms with E-state index < -0.39 is 11.6 Å². The van der Waals surface area contributed by atoms with Crippen LogP contribution in [0.25, 0.3) is 22.2 Å². The van der Waals surface area contributed by atoms with Crippen molar-refractivity contribution in [3.63, 3.8) is 0 Å². The maximum absolute atomic E-state index is 14.3. The number of benzene rings is 2. The Balaban J connectivity index is 1.67. The largest absolute Gasteiger partial charge is 0.306 e. The molecular formula is C19H16F2N6O. The molecule has 1 N–H and O–H groups in total. The summed E-state index contributed by atoms with van der Waals surface area (Å²) in [6, 6.07) is 10.5. The van der Waals surface area contributed by atoms with Crippen LogP contribution in [0.5, 0.6) is 0 Å². The lowest BCUT2D eigenvalue weighted by Gasteiger charge is -2.03. The van der Waals surface area contributed by atoms with Gasteiger partial charge in [-0.05, 0) is 25.1 Å². The number of carbonyl (C=O) groups is 1. The zero-order chi connectivity index (χ0) is 19.7. The first kappa shape index (κ1) is 17.8. The molecule has 0 fully saturated rings. The van der Waals surface area contributed by atoms with Crippen LogP contribution in [0.3, 0.4) is 0 Å². The van der Waals surface area contributed by atoms with Crippen molar-refractivity contribution in [1.29, 1.82) is 0 Å². The van der Waals surface area contributed by atoms with Crippen molar-refractivity contribution >= 4 is 22.6 Å². The van der Waals surface area contributed by atoms with Crippen molar-refractivity contribution in [3.05, 3.63) is 60.3 Å². The average Bonchev–Trinajstić information content (AvgIpc) is 3.27. The molecule has 2 aromatic heterocycles. The second-order valence-corrected chi connectivity index (χ2v) is 6.11. The first-order valence-electron chi connectivity index (χ1n) is 8.66. The van der Waals surface area contributed by atoms with E-state index >= 15 is 0 Å². The predicted molar refractivity (Wildman–Crippen MR) is 99.4 cm³/mol. The SMILES string of the molecule is CCn1ncc(NC(=O)Cn2nc(-c3ccc(F)cc3F)c3ccccc32)n1. The summed E-state index contributed by atoms with van der Waals surface area (Å²) in [5.41, 5.74) is 1.18. The minimum atomic E-state index is -0.712. The number of hydrogen-bond donors (Lipinski definition) is 1. The normalized spacial score (nSPS) is 11.1. The van der Waals surface area contributed by atoms with Crippen LogP contribution < -0.4 is 5.32 Å². The van der Waals surface area contributed by atoms with Gasteiger partial charge >= 0.3 is 0 Å². The molecule has 0 aliphatic rings. The number of aryl methyl sites for hydroxylation is 1. The van der Waals surface area contributed by atoms with Crippen LogP contribution in [0.1, 0.15) is 6.92 Å². The topological polar surface area (TPSA) is 77.6 Å². The number of amides is 1. The highest BCUT2D eigenvalue weighted by atomic mass is 19.1. The van der Waals surface area contributed by atoms with E-state index in [4.69, 9.17) is 0 Å². The van der Waals surface area contributed by atoms with Gasteiger partial charge in [0.05, 0.1) is 18.3 Å². The predicted octanol–water partition coefficient (Wildman–Crippen LogP) is 3.23. The molecule has 9 heteroatoms. The first-order chi connectivity index (χ1) is 13.5. The number of halogens is 2. The number of nitrogens with one attached hydrogen (secondary N) is 1. The molecule has 7 nitrogen and oxygen atoms in total. The Hall–Kier alpha value is -3.62. The van der Waals surface area contributed by atoms with E-state index in [1.165, 1.54) is 27.8 Å². The van der Waals surface area contributed by atoms with E-state index in [1.807, 2.05) is 6.92 Å². The molecule has 0 saturated heterocycles. The molecular weight excluding hydrogens is 366 g/mol. The first-order valence-corrected chi connectivity index (χ1v) is 8.66. The number of hydrogen-bond acceptors (Lipinski definition) is 4. The Bertz CT molecular complexity index is 1170. The van der Waals surface area contributed by atoms with E-state index in [0.717, 1.165) is 6.07 Å². The summed E-state index contributed by atoms with van der Waals surface area (Å²) < 4.78 is 29.0. The average molecular weight is 382 g/mol. The van der Waals surface area contributed by atoms with Gasteiger partial charge in [0.2, 0.25) is 5.91 Å². The summed E-state index contributed by atoms with van der Waals surface area (Å²) in [5, 5.41) is 15.8. The van der Waals surface area contributed by atoms with Crippen LogP contribution in [-0.2, 0) is 17.9 Å². The molecule has 4 rings (SSSR count). The molecule has 0 bridgehead atoms. The molecule has 142 valence electrons. The van der Waals surface area contributed by atoms with Gasteiger partial charge < -0.3 is 5.32 Å². The van der Waals surface area contributed by atoms with Gasteiger partial charge in [0.15, 0.2) is 5.82 Å².